The van der Waals surface area contributed by atoms with E-state index in [0.717, 1.165) is 11.1 Å². The summed E-state index contributed by atoms with van der Waals surface area (Å²) in [4.78, 5) is 48.9. The van der Waals surface area contributed by atoms with Crippen LogP contribution < -0.4 is 10.2 Å². The molecule has 2 aromatic rings. The van der Waals surface area contributed by atoms with Gasteiger partial charge in [-0.25, -0.2) is 0 Å². The Morgan fingerprint density at radius 1 is 1.16 bits per heavy atom. The van der Waals surface area contributed by atoms with Crippen LogP contribution in [0.25, 0.3) is 0 Å². The summed E-state index contributed by atoms with van der Waals surface area (Å²) < 4.78 is 5.12. The van der Waals surface area contributed by atoms with Gasteiger partial charge in [0.05, 0.1) is 16.5 Å². The topological polar surface area (TPSA) is 119 Å². The molecule has 1 saturated heterocycles. The van der Waals surface area contributed by atoms with Crippen LogP contribution >= 0.6 is 0 Å². The first-order valence-electron chi connectivity index (χ1n) is 9.75. The van der Waals surface area contributed by atoms with Crippen LogP contribution in [-0.2, 0) is 19.1 Å². The number of ether oxygens (including phenoxy) is 1. The molecule has 9 heteroatoms. The summed E-state index contributed by atoms with van der Waals surface area (Å²) in [6.45, 7) is 4.91. The lowest BCUT2D eigenvalue weighted by molar-refractivity contribution is -0.385. The quantitative estimate of drug-likeness (QED) is 0.432. The number of hydrogen-bond acceptors (Lipinski definition) is 6. The molecule has 0 saturated carbocycles. The van der Waals surface area contributed by atoms with Gasteiger partial charge < -0.3 is 15.0 Å². The molecule has 0 spiro atoms. The molecule has 3 rings (SSSR count). The molecule has 1 aliphatic rings. The Hall–Kier alpha value is -3.75. The molecule has 2 amide bonds. The number of nitro groups is 1. The van der Waals surface area contributed by atoms with Crippen molar-refractivity contribution in [1.82, 2.24) is 0 Å². The van der Waals surface area contributed by atoms with Crippen LogP contribution in [0.5, 0.6) is 0 Å². The molecule has 0 bridgehead atoms. The van der Waals surface area contributed by atoms with Gasteiger partial charge in [0.15, 0.2) is 6.61 Å². The zero-order valence-corrected chi connectivity index (χ0v) is 17.5. The molecule has 1 N–H and O–H groups in total. The SMILES string of the molecule is Cc1ccc(N2C[C@@H](C(=O)OCC(=O)Nc3c(C)cccc3C)CC2=O)cc1[N+](=O)[O-]. The van der Waals surface area contributed by atoms with Crippen LogP contribution in [0.3, 0.4) is 0 Å². The fourth-order valence-electron chi connectivity index (χ4n) is 3.52. The van der Waals surface area contributed by atoms with E-state index in [9.17, 15) is 24.5 Å². The van der Waals surface area contributed by atoms with E-state index >= 15 is 0 Å². The Kier molecular flexibility index (Phi) is 6.33. The van der Waals surface area contributed by atoms with Gasteiger partial charge in [0.2, 0.25) is 5.91 Å². The lowest BCUT2D eigenvalue weighted by Crippen LogP contribution is -2.28. The van der Waals surface area contributed by atoms with Crippen LogP contribution in [0.1, 0.15) is 23.1 Å². The number of hydrogen-bond donors (Lipinski definition) is 1. The third-order valence-electron chi connectivity index (χ3n) is 5.25. The average molecular weight is 425 g/mol. The zero-order chi connectivity index (χ0) is 22.7. The highest BCUT2D eigenvalue weighted by atomic mass is 16.6. The number of amides is 2. The van der Waals surface area contributed by atoms with Gasteiger partial charge in [-0.1, -0.05) is 24.3 Å². The molecule has 162 valence electrons. The van der Waals surface area contributed by atoms with Gasteiger partial charge in [0.25, 0.3) is 11.6 Å². The minimum atomic E-state index is -0.749. The highest BCUT2D eigenvalue weighted by Crippen LogP contribution is 2.30. The van der Waals surface area contributed by atoms with Gasteiger partial charge in [0.1, 0.15) is 0 Å². The molecule has 0 aromatic heterocycles. The van der Waals surface area contributed by atoms with Crippen LogP contribution in [0, 0.1) is 36.8 Å². The monoisotopic (exact) mass is 425 g/mol. The Morgan fingerprint density at radius 2 is 1.84 bits per heavy atom. The predicted octanol–water partition coefficient (Wildman–Crippen LogP) is 3.05. The van der Waals surface area contributed by atoms with E-state index in [1.807, 2.05) is 32.0 Å². The third-order valence-corrected chi connectivity index (χ3v) is 5.25. The Bertz CT molecular complexity index is 1040. The number of anilines is 2. The van der Waals surface area contributed by atoms with Crippen molar-refractivity contribution in [3.05, 3.63) is 63.2 Å². The van der Waals surface area contributed by atoms with E-state index in [4.69, 9.17) is 4.74 Å². The molecule has 2 aromatic carbocycles. The number of nitrogens with one attached hydrogen (secondary N) is 1. The fraction of sp³-hybridized carbons (Fsp3) is 0.318. The molecule has 1 atom stereocenters. The molecule has 0 aliphatic carbocycles. The van der Waals surface area contributed by atoms with E-state index in [1.165, 1.54) is 11.0 Å². The minimum absolute atomic E-state index is 0.0381. The molecule has 1 fully saturated rings. The Balaban J connectivity index is 1.60. The fourth-order valence-corrected chi connectivity index (χ4v) is 3.52. The molecule has 9 nitrogen and oxygen atoms in total. The van der Waals surface area contributed by atoms with Crippen molar-refractivity contribution in [2.75, 3.05) is 23.4 Å². The number of rotatable bonds is 6. The molecule has 0 unspecified atom stereocenters. The highest BCUT2D eigenvalue weighted by molar-refractivity contribution is 6.00. The number of nitro benzene ring substituents is 1. The first kappa shape index (κ1) is 21.9. The van der Waals surface area contributed by atoms with Crippen molar-refractivity contribution in [1.29, 1.82) is 0 Å². The summed E-state index contributed by atoms with van der Waals surface area (Å²) in [6.07, 6.45) is -0.0843. The van der Waals surface area contributed by atoms with Gasteiger partial charge >= 0.3 is 5.97 Å². The van der Waals surface area contributed by atoms with E-state index in [-0.39, 0.29) is 24.6 Å². The number of esters is 1. The number of aryl methyl sites for hydroxylation is 3. The average Bonchev–Trinajstić information content (AvgIpc) is 3.11. The molecule has 1 aliphatic heterocycles. The van der Waals surface area contributed by atoms with Crippen molar-refractivity contribution >= 4 is 34.8 Å². The van der Waals surface area contributed by atoms with Crippen molar-refractivity contribution < 1.29 is 24.0 Å². The molecular weight excluding hydrogens is 402 g/mol. The van der Waals surface area contributed by atoms with Crippen LogP contribution in [0.4, 0.5) is 17.1 Å². The summed E-state index contributed by atoms with van der Waals surface area (Å²) in [6, 6.07) is 10.1. The van der Waals surface area contributed by atoms with E-state index in [1.54, 1.807) is 19.1 Å². The molecule has 0 radical (unpaired) electrons. The zero-order valence-electron chi connectivity index (χ0n) is 17.5. The van der Waals surface area contributed by atoms with E-state index in [2.05, 4.69) is 5.32 Å². The Labute approximate surface area is 179 Å². The maximum Gasteiger partial charge on any atom is 0.311 e. The number of carbonyl (C=O) groups excluding carboxylic acids is 3. The standard InChI is InChI=1S/C22H23N3O6/c1-13-7-8-17(10-18(13)25(29)30)24-11-16(9-20(24)27)22(28)31-12-19(26)23-21-14(2)5-4-6-15(21)3/h4-8,10,16H,9,11-12H2,1-3H3,(H,23,26)/t16-/m0/s1. The number of benzene rings is 2. The predicted molar refractivity (Wildman–Crippen MR) is 114 cm³/mol. The summed E-state index contributed by atoms with van der Waals surface area (Å²) in [5.41, 5.74) is 3.19. The van der Waals surface area contributed by atoms with Gasteiger partial charge in [-0.3, -0.25) is 24.5 Å². The van der Waals surface area contributed by atoms with Crippen LogP contribution in [0.2, 0.25) is 0 Å². The second-order valence-corrected chi connectivity index (χ2v) is 7.56. The second kappa shape index (κ2) is 8.95. The maximum atomic E-state index is 12.4. The van der Waals surface area contributed by atoms with E-state index in [0.29, 0.717) is 16.9 Å². The molecular formula is C22H23N3O6. The number of nitrogens with zero attached hydrogens (tertiary/aromatic N) is 2. The molecule has 1 heterocycles. The van der Waals surface area contributed by atoms with Crippen LogP contribution in [0.15, 0.2) is 36.4 Å². The van der Waals surface area contributed by atoms with Crippen molar-refractivity contribution in [3.8, 4) is 0 Å². The first-order chi connectivity index (χ1) is 14.7. The summed E-state index contributed by atoms with van der Waals surface area (Å²) in [7, 11) is 0. The first-order valence-corrected chi connectivity index (χ1v) is 9.75. The summed E-state index contributed by atoms with van der Waals surface area (Å²) in [5.74, 6) is -2.21. The summed E-state index contributed by atoms with van der Waals surface area (Å²) in [5, 5.41) is 13.9. The van der Waals surface area contributed by atoms with Gasteiger partial charge in [-0.05, 0) is 38.0 Å². The van der Waals surface area contributed by atoms with Crippen molar-refractivity contribution in [3.63, 3.8) is 0 Å². The molecule has 31 heavy (non-hydrogen) atoms. The summed E-state index contributed by atoms with van der Waals surface area (Å²) >= 11 is 0. The van der Waals surface area contributed by atoms with Crippen molar-refractivity contribution in [2.24, 2.45) is 5.92 Å². The van der Waals surface area contributed by atoms with Crippen molar-refractivity contribution in [2.45, 2.75) is 27.2 Å². The van der Waals surface area contributed by atoms with Gasteiger partial charge in [-0.2, -0.15) is 0 Å². The van der Waals surface area contributed by atoms with Gasteiger partial charge in [0, 0.05) is 30.3 Å². The second-order valence-electron chi connectivity index (χ2n) is 7.56. The number of carbonyl (C=O) groups is 3. The minimum Gasteiger partial charge on any atom is -0.455 e. The third kappa shape index (κ3) is 4.88. The Morgan fingerprint density at radius 3 is 2.48 bits per heavy atom. The smallest absolute Gasteiger partial charge is 0.311 e. The lowest BCUT2D eigenvalue weighted by Gasteiger charge is -2.17. The highest BCUT2D eigenvalue weighted by Gasteiger charge is 2.37. The van der Waals surface area contributed by atoms with Gasteiger partial charge in [-0.15, -0.1) is 0 Å². The normalized spacial score (nSPS) is 15.6. The lowest BCUT2D eigenvalue weighted by atomic mass is 10.1. The maximum absolute atomic E-state index is 12.4. The number of para-hydroxylation sites is 1. The van der Waals surface area contributed by atoms with E-state index < -0.39 is 29.3 Å². The largest absolute Gasteiger partial charge is 0.455 e. The van der Waals surface area contributed by atoms with Crippen LogP contribution in [-0.4, -0.2) is 35.9 Å².